The lowest BCUT2D eigenvalue weighted by Gasteiger charge is -2.26. The number of carbonyl (C=O) groups is 1. The summed E-state index contributed by atoms with van der Waals surface area (Å²) in [5.74, 6) is -0.778. The largest absolute Gasteiger partial charge is 0.450 e. The number of nitrogens with zero attached hydrogens (tertiary/aromatic N) is 2. The molecular formula is C22H21FN2O3. The summed E-state index contributed by atoms with van der Waals surface area (Å²) < 4.78 is 19.5. The highest BCUT2D eigenvalue weighted by Gasteiger charge is 2.42. The van der Waals surface area contributed by atoms with Crippen molar-refractivity contribution in [2.45, 2.75) is 13.0 Å². The molecule has 0 spiro atoms. The second-order valence-electron chi connectivity index (χ2n) is 7.43. The molecule has 1 aliphatic heterocycles. The number of rotatable bonds is 4. The summed E-state index contributed by atoms with van der Waals surface area (Å²) in [6, 6.07) is 11.0. The van der Waals surface area contributed by atoms with Crippen molar-refractivity contribution >= 4 is 16.9 Å². The molecule has 1 unspecified atom stereocenters. The van der Waals surface area contributed by atoms with Gasteiger partial charge in [-0.1, -0.05) is 29.8 Å². The summed E-state index contributed by atoms with van der Waals surface area (Å²) in [5, 5.41) is 0.151. The Morgan fingerprint density at radius 1 is 1.11 bits per heavy atom. The van der Waals surface area contributed by atoms with Crippen LogP contribution in [0.3, 0.4) is 0 Å². The molecule has 4 rings (SSSR count). The van der Waals surface area contributed by atoms with Crippen molar-refractivity contribution in [2.24, 2.45) is 0 Å². The Kier molecular flexibility index (Phi) is 4.51. The third-order valence-electron chi connectivity index (χ3n) is 5.11. The van der Waals surface area contributed by atoms with E-state index in [1.807, 2.05) is 50.2 Å². The minimum Gasteiger partial charge on any atom is -0.450 e. The molecule has 3 aromatic rings. The normalized spacial score (nSPS) is 16.2. The van der Waals surface area contributed by atoms with Gasteiger partial charge in [0.1, 0.15) is 11.4 Å². The summed E-state index contributed by atoms with van der Waals surface area (Å²) in [6.07, 6.45) is 0. The van der Waals surface area contributed by atoms with Crippen LogP contribution in [0.5, 0.6) is 0 Å². The summed E-state index contributed by atoms with van der Waals surface area (Å²) in [7, 11) is 3.85. The maximum absolute atomic E-state index is 13.7. The first kappa shape index (κ1) is 18.4. The molecule has 1 aromatic heterocycles. The van der Waals surface area contributed by atoms with Crippen LogP contribution < -0.4 is 5.43 Å². The molecule has 0 N–H and O–H groups in total. The summed E-state index contributed by atoms with van der Waals surface area (Å²) in [6.45, 7) is 3.06. The molecule has 1 amide bonds. The summed E-state index contributed by atoms with van der Waals surface area (Å²) in [5.41, 5.74) is 2.06. The van der Waals surface area contributed by atoms with E-state index in [1.165, 1.54) is 18.2 Å². The van der Waals surface area contributed by atoms with Crippen LogP contribution in [-0.2, 0) is 0 Å². The highest BCUT2D eigenvalue weighted by molar-refractivity contribution is 5.99. The highest BCUT2D eigenvalue weighted by Crippen LogP contribution is 2.38. The number of likely N-dealkylation sites (N-methyl/N-ethyl adjacent to an activating group) is 1. The molecule has 0 saturated carbocycles. The van der Waals surface area contributed by atoms with Crippen LogP contribution in [0.25, 0.3) is 11.0 Å². The van der Waals surface area contributed by atoms with Gasteiger partial charge < -0.3 is 14.2 Å². The van der Waals surface area contributed by atoms with Crippen molar-refractivity contribution in [3.05, 3.63) is 81.0 Å². The van der Waals surface area contributed by atoms with Crippen LogP contribution in [0.2, 0.25) is 0 Å². The number of carbonyl (C=O) groups excluding carboxylic acids is 1. The van der Waals surface area contributed by atoms with E-state index in [0.717, 1.165) is 11.1 Å². The zero-order valence-corrected chi connectivity index (χ0v) is 16.0. The van der Waals surface area contributed by atoms with E-state index in [0.29, 0.717) is 13.1 Å². The molecular weight excluding hydrogens is 359 g/mol. The fraction of sp³-hybridized carbons (Fsp3) is 0.273. The van der Waals surface area contributed by atoms with Crippen molar-refractivity contribution in [2.75, 3.05) is 27.2 Å². The van der Waals surface area contributed by atoms with Crippen molar-refractivity contribution in [3.63, 3.8) is 0 Å². The quantitative estimate of drug-likeness (QED) is 0.697. The molecule has 6 heteroatoms. The van der Waals surface area contributed by atoms with E-state index in [9.17, 15) is 14.0 Å². The van der Waals surface area contributed by atoms with Crippen LogP contribution in [0.1, 0.15) is 33.3 Å². The van der Waals surface area contributed by atoms with Crippen molar-refractivity contribution in [1.29, 1.82) is 0 Å². The second-order valence-corrected chi connectivity index (χ2v) is 7.43. The monoisotopic (exact) mass is 380 g/mol. The van der Waals surface area contributed by atoms with Gasteiger partial charge in [-0.2, -0.15) is 0 Å². The van der Waals surface area contributed by atoms with Gasteiger partial charge in [-0.25, -0.2) is 4.39 Å². The van der Waals surface area contributed by atoms with Crippen LogP contribution in [0.15, 0.2) is 51.7 Å². The van der Waals surface area contributed by atoms with Gasteiger partial charge in [0.25, 0.3) is 5.91 Å². The SMILES string of the molecule is Cc1ccc(C2c3c(oc4ccc(F)cc4c3=O)C(=O)N2CCN(C)C)cc1. The van der Waals surface area contributed by atoms with Gasteiger partial charge in [0.15, 0.2) is 5.43 Å². The Hall–Kier alpha value is -2.99. The van der Waals surface area contributed by atoms with E-state index in [2.05, 4.69) is 0 Å². The van der Waals surface area contributed by atoms with Crippen LogP contribution >= 0.6 is 0 Å². The number of benzene rings is 2. The third-order valence-corrected chi connectivity index (χ3v) is 5.11. The van der Waals surface area contributed by atoms with E-state index in [1.54, 1.807) is 4.90 Å². The Labute approximate surface area is 162 Å². The third kappa shape index (κ3) is 2.99. The molecule has 144 valence electrons. The Bertz CT molecular complexity index is 1120. The Morgan fingerprint density at radius 3 is 2.50 bits per heavy atom. The zero-order valence-electron chi connectivity index (χ0n) is 16.0. The van der Waals surface area contributed by atoms with Crippen LogP contribution in [0.4, 0.5) is 4.39 Å². The average molecular weight is 380 g/mol. The maximum Gasteiger partial charge on any atom is 0.290 e. The standard InChI is InChI=1S/C22H21FN2O3/c1-13-4-6-14(7-5-13)19-18-20(26)16-12-15(23)8-9-17(16)28-21(18)22(27)25(19)11-10-24(2)3/h4-9,12,19H,10-11H2,1-3H3. The number of hydrogen-bond acceptors (Lipinski definition) is 4. The molecule has 0 radical (unpaired) electrons. The smallest absolute Gasteiger partial charge is 0.290 e. The molecule has 28 heavy (non-hydrogen) atoms. The fourth-order valence-corrected chi connectivity index (χ4v) is 3.63. The van der Waals surface area contributed by atoms with Gasteiger partial charge >= 0.3 is 0 Å². The molecule has 0 saturated heterocycles. The van der Waals surface area contributed by atoms with E-state index in [4.69, 9.17) is 4.42 Å². The zero-order chi connectivity index (χ0) is 20.0. The van der Waals surface area contributed by atoms with Gasteiger partial charge in [-0.3, -0.25) is 9.59 Å². The van der Waals surface area contributed by atoms with Crippen LogP contribution in [-0.4, -0.2) is 42.9 Å². The predicted molar refractivity (Wildman–Crippen MR) is 105 cm³/mol. The van der Waals surface area contributed by atoms with E-state index < -0.39 is 11.9 Å². The predicted octanol–water partition coefficient (Wildman–Crippen LogP) is 3.35. The van der Waals surface area contributed by atoms with Crippen molar-refractivity contribution in [3.8, 4) is 0 Å². The number of fused-ring (bicyclic) bond motifs is 2. The number of aryl methyl sites for hydroxylation is 1. The molecule has 2 aromatic carbocycles. The van der Waals surface area contributed by atoms with Gasteiger partial charge in [0.05, 0.1) is 17.0 Å². The fourth-order valence-electron chi connectivity index (χ4n) is 3.63. The topological polar surface area (TPSA) is 53.8 Å². The van der Waals surface area contributed by atoms with Crippen molar-refractivity contribution < 1.29 is 13.6 Å². The lowest BCUT2D eigenvalue weighted by atomic mass is 9.97. The van der Waals surface area contributed by atoms with Gasteiger partial charge in [0.2, 0.25) is 5.76 Å². The van der Waals surface area contributed by atoms with Crippen LogP contribution in [0, 0.1) is 12.7 Å². The molecule has 2 heterocycles. The van der Waals surface area contributed by atoms with E-state index >= 15 is 0 Å². The Morgan fingerprint density at radius 2 is 1.82 bits per heavy atom. The summed E-state index contributed by atoms with van der Waals surface area (Å²) >= 11 is 0. The number of hydrogen-bond donors (Lipinski definition) is 0. The van der Waals surface area contributed by atoms with E-state index in [-0.39, 0.29) is 33.6 Å². The minimum atomic E-state index is -0.549. The van der Waals surface area contributed by atoms with Gasteiger partial charge in [-0.15, -0.1) is 0 Å². The maximum atomic E-state index is 13.7. The Balaban J connectivity index is 1.94. The lowest BCUT2D eigenvalue weighted by Crippen LogP contribution is -2.35. The van der Waals surface area contributed by atoms with Crippen molar-refractivity contribution in [1.82, 2.24) is 9.80 Å². The van der Waals surface area contributed by atoms with Gasteiger partial charge in [-0.05, 0) is 44.8 Å². The van der Waals surface area contributed by atoms with Gasteiger partial charge in [0, 0.05) is 13.1 Å². The first-order valence-corrected chi connectivity index (χ1v) is 9.15. The number of halogens is 1. The molecule has 5 nitrogen and oxygen atoms in total. The molecule has 0 aliphatic carbocycles. The number of amides is 1. The first-order valence-electron chi connectivity index (χ1n) is 9.15. The second kappa shape index (κ2) is 6.87. The molecule has 0 bridgehead atoms. The average Bonchev–Trinajstić information content (AvgIpc) is 2.94. The first-order chi connectivity index (χ1) is 13.4. The molecule has 1 aliphatic rings. The highest BCUT2D eigenvalue weighted by atomic mass is 19.1. The molecule has 1 atom stereocenters. The lowest BCUT2D eigenvalue weighted by molar-refractivity contribution is 0.0716. The molecule has 0 fully saturated rings. The minimum absolute atomic E-state index is 0.0495. The summed E-state index contributed by atoms with van der Waals surface area (Å²) in [4.78, 5) is 30.0.